The van der Waals surface area contributed by atoms with E-state index in [0.29, 0.717) is 6.42 Å². The van der Waals surface area contributed by atoms with E-state index < -0.39 is 35.3 Å². The smallest absolute Gasteiger partial charge is 0.296 e. The van der Waals surface area contributed by atoms with Crippen LogP contribution in [0.25, 0.3) is 0 Å². The van der Waals surface area contributed by atoms with E-state index >= 15 is 0 Å². The molecular formula is C16H24N2O5. The first kappa shape index (κ1) is 18.7. The van der Waals surface area contributed by atoms with Crippen molar-refractivity contribution in [2.45, 2.75) is 57.4 Å². The van der Waals surface area contributed by atoms with Crippen LogP contribution in [-0.4, -0.2) is 34.0 Å². The summed E-state index contributed by atoms with van der Waals surface area (Å²) in [5.74, 6) is -4.12. The van der Waals surface area contributed by atoms with Crippen molar-refractivity contribution in [3.8, 4) is 0 Å². The van der Waals surface area contributed by atoms with Crippen molar-refractivity contribution >= 4 is 17.7 Å². The number of aliphatic hydroxyl groups excluding tert-OH is 2. The maximum absolute atomic E-state index is 11.8. The quantitative estimate of drug-likeness (QED) is 0.278. The zero-order chi connectivity index (χ0) is 17.2. The number of unbranched alkanes of at least 4 members (excludes halogenated alkanes) is 6. The molecule has 1 heterocycles. The minimum atomic E-state index is -1.42. The summed E-state index contributed by atoms with van der Waals surface area (Å²) in [6.45, 7) is 3.67. The van der Waals surface area contributed by atoms with Crippen molar-refractivity contribution in [1.29, 1.82) is 0 Å². The highest BCUT2D eigenvalue weighted by Crippen LogP contribution is 2.12. The summed E-state index contributed by atoms with van der Waals surface area (Å²) in [6, 6.07) is -1.42. The summed E-state index contributed by atoms with van der Waals surface area (Å²) in [4.78, 5) is 34.4. The maximum atomic E-state index is 11.8. The van der Waals surface area contributed by atoms with Gasteiger partial charge in [0.05, 0.1) is 0 Å². The van der Waals surface area contributed by atoms with Crippen molar-refractivity contribution < 1.29 is 24.6 Å². The first-order valence-electron chi connectivity index (χ1n) is 7.85. The lowest BCUT2D eigenvalue weighted by Crippen LogP contribution is -2.53. The van der Waals surface area contributed by atoms with E-state index in [0.717, 1.165) is 38.5 Å². The highest BCUT2D eigenvalue weighted by molar-refractivity contribution is 6.09. The number of aliphatic hydroxyl groups is 2. The second-order valence-corrected chi connectivity index (χ2v) is 5.50. The maximum Gasteiger partial charge on any atom is 0.296 e. The van der Waals surface area contributed by atoms with Crippen LogP contribution in [0.4, 0.5) is 0 Å². The summed E-state index contributed by atoms with van der Waals surface area (Å²) < 4.78 is 0. The SMILES string of the molecule is C=CCCCCCCCCC(=O)NC1C(=O)NC(=O)C(O)=C1O. The third-order valence-corrected chi connectivity index (χ3v) is 3.60. The summed E-state index contributed by atoms with van der Waals surface area (Å²) in [7, 11) is 0. The summed E-state index contributed by atoms with van der Waals surface area (Å²) in [6.07, 6.45) is 9.16. The molecule has 3 amide bonds. The zero-order valence-electron chi connectivity index (χ0n) is 13.1. The number of imide groups is 1. The van der Waals surface area contributed by atoms with Gasteiger partial charge in [0.1, 0.15) is 0 Å². The Morgan fingerprint density at radius 2 is 1.74 bits per heavy atom. The van der Waals surface area contributed by atoms with Crippen LogP contribution in [0.3, 0.4) is 0 Å². The summed E-state index contributed by atoms with van der Waals surface area (Å²) in [5.41, 5.74) is 0. The summed E-state index contributed by atoms with van der Waals surface area (Å²) >= 11 is 0. The number of carbonyl (C=O) groups is 3. The lowest BCUT2D eigenvalue weighted by Gasteiger charge is -2.21. The van der Waals surface area contributed by atoms with Crippen molar-refractivity contribution in [3.63, 3.8) is 0 Å². The molecule has 128 valence electrons. The Bertz CT molecular complexity index is 499. The Kier molecular flexibility index (Phi) is 7.87. The molecule has 1 atom stereocenters. The monoisotopic (exact) mass is 324 g/mol. The lowest BCUT2D eigenvalue weighted by molar-refractivity contribution is -0.135. The molecule has 0 bridgehead atoms. The Labute approximate surface area is 135 Å². The highest BCUT2D eigenvalue weighted by Gasteiger charge is 2.36. The van der Waals surface area contributed by atoms with Gasteiger partial charge in [-0.1, -0.05) is 31.8 Å². The van der Waals surface area contributed by atoms with Crippen LogP contribution in [0.2, 0.25) is 0 Å². The molecule has 1 unspecified atom stereocenters. The summed E-state index contributed by atoms with van der Waals surface area (Å²) in [5, 5.41) is 23.0. The van der Waals surface area contributed by atoms with E-state index in [9.17, 15) is 24.6 Å². The molecular weight excluding hydrogens is 300 g/mol. The van der Waals surface area contributed by atoms with Gasteiger partial charge in [-0.15, -0.1) is 6.58 Å². The number of amides is 3. The molecule has 0 saturated carbocycles. The van der Waals surface area contributed by atoms with Gasteiger partial charge in [0, 0.05) is 6.42 Å². The molecule has 0 aromatic rings. The molecule has 0 aliphatic carbocycles. The molecule has 0 aromatic heterocycles. The van der Waals surface area contributed by atoms with Crippen molar-refractivity contribution in [3.05, 3.63) is 24.2 Å². The minimum Gasteiger partial charge on any atom is -0.506 e. The lowest BCUT2D eigenvalue weighted by atomic mass is 10.1. The molecule has 0 saturated heterocycles. The van der Waals surface area contributed by atoms with Crippen molar-refractivity contribution in [2.24, 2.45) is 0 Å². The molecule has 0 radical (unpaired) electrons. The Balaban J connectivity index is 2.25. The number of allylic oxidation sites excluding steroid dienone is 1. The van der Waals surface area contributed by atoms with Crippen LogP contribution in [0.15, 0.2) is 24.2 Å². The van der Waals surface area contributed by atoms with Gasteiger partial charge in [-0.3, -0.25) is 19.7 Å². The van der Waals surface area contributed by atoms with Crippen LogP contribution in [0.5, 0.6) is 0 Å². The third kappa shape index (κ3) is 6.14. The standard InChI is InChI=1S/C16H24N2O5/c1-2-3-4-5-6-7-8-9-10-11(19)17-12-13(20)14(21)16(23)18-15(12)22/h2,12,20-21H,1,3-10H2,(H,17,19)(H,18,22,23). The van der Waals surface area contributed by atoms with Crippen molar-refractivity contribution in [2.75, 3.05) is 0 Å². The van der Waals surface area contributed by atoms with Crippen LogP contribution >= 0.6 is 0 Å². The van der Waals surface area contributed by atoms with Crippen molar-refractivity contribution in [1.82, 2.24) is 10.6 Å². The average molecular weight is 324 g/mol. The van der Waals surface area contributed by atoms with E-state index in [4.69, 9.17) is 0 Å². The van der Waals surface area contributed by atoms with E-state index in [1.807, 2.05) is 11.4 Å². The predicted molar refractivity (Wildman–Crippen MR) is 84.5 cm³/mol. The van der Waals surface area contributed by atoms with Crippen LogP contribution in [0, 0.1) is 0 Å². The largest absolute Gasteiger partial charge is 0.506 e. The first-order valence-corrected chi connectivity index (χ1v) is 7.85. The molecule has 1 aliphatic heterocycles. The second-order valence-electron chi connectivity index (χ2n) is 5.50. The normalized spacial score (nSPS) is 17.8. The van der Waals surface area contributed by atoms with Gasteiger partial charge < -0.3 is 15.5 Å². The Morgan fingerprint density at radius 1 is 1.13 bits per heavy atom. The molecule has 23 heavy (non-hydrogen) atoms. The van der Waals surface area contributed by atoms with Crippen LogP contribution in [0.1, 0.15) is 51.4 Å². The average Bonchev–Trinajstić information content (AvgIpc) is 2.52. The Hall–Kier alpha value is -2.31. The number of hydrogen-bond donors (Lipinski definition) is 4. The van der Waals surface area contributed by atoms with E-state index in [-0.39, 0.29) is 6.42 Å². The van der Waals surface area contributed by atoms with E-state index in [1.165, 1.54) is 0 Å². The molecule has 1 rings (SSSR count). The van der Waals surface area contributed by atoms with Gasteiger partial charge in [-0.05, 0) is 19.3 Å². The third-order valence-electron chi connectivity index (χ3n) is 3.60. The van der Waals surface area contributed by atoms with Gasteiger partial charge >= 0.3 is 0 Å². The van der Waals surface area contributed by atoms with Gasteiger partial charge in [0.25, 0.3) is 11.8 Å². The Morgan fingerprint density at radius 3 is 2.39 bits per heavy atom. The van der Waals surface area contributed by atoms with Gasteiger partial charge in [0.2, 0.25) is 11.7 Å². The fourth-order valence-corrected chi connectivity index (χ4v) is 2.27. The molecule has 4 N–H and O–H groups in total. The number of nitrogens with one attached hydrogen (secondary N) is 2. The minimum absolute atomic E-state index is 0.221. The fraction of sp³-hybridized carbons (Fsp3) is 0.562. The van der Waals surface area contributed by atoms with Gasteiger partial charge in [-0.2, -0.15) is 0 Å². The van der Waals surface area contributed by atoms with Gasteiger partial charge in [-0.25, -0.2) is 0 Å². The van der Waals surface area contributed by atoms with Crippen LogP contribution in [-0.2, 0) is 14.4 Å². The number of hydrogen-bond acceptors (Lipinski definition) is 5. The topological polar surface area (TPSA) is 116 Å². The number of rotatable bonds is 10. The first-order chi connectivity index (χ1) is 11.0. The molecule has 7 heteroatoms. The zero-order valence-corrected chi connectivity index (χ0v) is 13.1. The predicted octanol–water partition coefficient (Wildman–Crippen LogP) is 1.76. The van der Waals surface area contributed by atoms with E-state index in [2.05, 4.69) is 11.9 Å². The molecule has 1 aliphatic rings. The van der Waals surface area contributed by atoms with E-state index in [1.54, 1.807) is 0 Å². The van der Waals surface area contributed by atoms with Crippen LogP contribution < -0.4 is 10.6 Å². The number of carbonyl (C=O) groups excluding carboxylic acids is 3. The second kappa shape index (κ2) is 9.66. The molecule has 0 fully saturated rings. The fourth-order valence-electron chi connectivity index (χ4n) is 2.27. The van der Waals surface area contributed by atoms with Gasteiger partial charge in [0.15, 0.2) is 11.8 Å². The molecule has 7 nitrogen and oxygen atoms in total. The molecule has 0 aromatic carbocycles. The molecule has 0 spiro atoms. The highest BCUT2D eigenvalue weighted by atomic mass is 16.3.